The van der Waals surface area contributed by atoms with Crippen molar-refractivity contribution in [2.45, 2.75) is 44.4 Å². The Morgan fingerprint density at radius 3 is 2.74 bits per heavy atom. The van der Waals surface area contributed by atoms with Crippen LogP contribution in [0.15, 0.2) is 38.5 Å². The number of furan rings is 2. The highest BCUT2D eigenvalue weighted by atomic mass is 32.2. The third-order valence-electron chi connectivity index (χ3n) is 4.69. The average molecular weight is 386 g/mol. The molecule has 3 aromatic heterocycles. The van der Waals surface area contributed by atoms with Crippen LogP contribution in [0.1, 0.15) is 30.1 Å². The van der Waals surface area contributed by atoms with E-state index in [1.807, 2.05) is 48.6 Å². The van der Waals surface area contributed by atoms with Crippen molar-refractivity contribution in [2.75, 3.05) is 5.75 Å². The second kappa shape index (κ2) is 7.26. The molecule has 0 atom stereocenters. The molecule has 0 N–H and O–H groups in total. The number of nitrogens with zero attached hydrogens (tertiary/aromatic N) is 4. The largest absolute Gasteiger partial charge is 0.469 e. The molecular formula is C19H22N4O3S. The maximum atomic E-state index is 12.8. The molecule has 0 saturated heterocycles. The van der Waals surface area contributed by atoms with Crippen molar-refractivity contribution < 1.29 is 13.6 Å². The topological polar surface area (TPSA) is 77.3 Å². The molecule has 3 heterocycles. The van der Waals surface area contributed by atoms with Crippen molar-refractivity contribution in [3.05, 3.63) is 41.7 Å². The van der Waals surface area contributed by atoms with E-state index in [0.29, 0.717) is 23.5 Å². The number of thioether (sulfide) groups is 1. The highest BCUT2D eigenvalue weighted by Crippen LogP contribution is 2.31. The molecule has 142 valence electrons. The number of rotatable bonds is 7. The van der Waals surface area contributed by atoms with Gasteiger partial charge in [0.2, 0.25) is 5.91 Å². The number of carbonyl (C=O) groups excluding carboxylic acids is 1. The Labute approximate surface area is 161 Å². The number of aryl methyl sites for hydroxylation is 2. The van der Waals surface area contributed by atoms with Crippen molar-refractivity contribution in [3.8, 4) is 11.4 Å². The second-order valence-corrected chi connectivity index (χ2v) is 7.75. The summed E-state index contributed by atoms with van der Waals surface area (Å²) in [6, 6.07) is 6.07. The third kappa shape index (κ3) is 3.80. The first-order chi connectivity index (χ1) is 13.0. The molecule has 4 rings (SSSR count). The van der Waals surface area contributed by atoms with E-state index in [-0.39, 0.29) is 5.91 Å². The smallest absolute Gasteiger partial charge is 0.233 e. The van der Waals surface area contributed by atoms with E-state index < -0.39 is 0 Å². The Bertz CT molecular complexity index is 954. The summed E-state index contributed by atoms with van der Waals surface area (Å²) in [5, 5.41) is 9.20. The van der Waals surface area contributed by atoms with Crippen LogP contribution < -0.4 is 0 Å². The van der Waals surface area contributed by atoms with Gasteiger partial charge in [0.25, 0.3) is 0 Å². The van der Waals surface area contributed by atoms with E-state index >= 15 is 0 Å². The minimum atomic E-state index is 0.0978. The van der Waals surface area contributed by atoms with Crippen LogP contribution in [0, 0.1) is 13.8 Å². The number of carbonyl (C=O) groups is 1. The predicted octanol–water partition coefficient (Wildman–Crippen LogP) is 3.57. The molecule has 3 aromatic rings. The molecule has 0 spiro atoms. The molecule has 8 heteroatoms. The fraction of sp³-hybridized carbons (Fsp3) is 0.421. The summed E-state index contributed by atoms with van der Waals surface area (Å²) in [5.41, 5.74) is 0.913. The molecule has 1 amide bonds. The van der Waals surface area contributed by atoms with Crippen molar-refractivity contribution in [1.82, 2.24) is 19.7 Å². The van der Waals surface area contributed by atoms with E-state index in [0.717, 1.165) is 41.5 Å². The highest BCUT2D eigenvalue weighted by molar-refractivity contribution is 7.99. The van der Waals surface area contributed by atoms with Crippen molar-refractivity contribution in [3.63, 3.8) is 0 Å². The summed E-state index contributed by atoms with van der Waals surface area (Å²) >= 11 is 1.41. The Hall–Kier alpha value is -2.48. The molecule has 0 radical (unpaired) electrons. The van der Waals surface area contributed by atoms with Crippen molar-refractivity contribution >= 4 is 17.7 Å². The lowest BCUT2D eigenvalue weighted by molar-refractivity contribution is -0.129. The molecule has 1 aliphatic carbocycles. The van der Waals surface area contributed by atoms with Crippen LogP contribution in [0.5, 0.6) is 0 Å². The number of aromatic nitrogens is 3. The Morgan fingerprint density at radius 1 is 1.30 bits per heavy atom. The minimum absolute atomic E-state index is 0.0978. The molecule has 0 aromatic carbocycles. The van der Waals surface area contributed by atoms with Gasteiger partial charge in [-0.25, -0.2) is 0 Å². The predicted molar refractivity (Wildman–Crippen MR) is 101 cm³/mol. The first kappa shape index (κ1) is 17.9. The lowest BCUT2D eigenvalue weighted by atomic mass is 10.2. The molecule has 1 saturated carbocycles. The Morgan fingerprint density at radius 2 is 2.11 bits per heavy atom. The van der Waals surface area contributed by atoms with Crippen molar-refractivity contribution in [2.24, 2.45) is 7.05 Å². The second-order valence-electron chi connectivity index (χ2n) is 6.81. The zero-order chi connectivity index (χ0) is 19.0. The van der Waals surface area contributed by atoms with E-state index in [1.54, 1.807) is 6.26 Å². The average Bonchev–Trinajstić information content (AvgIpc) is 3.11. The van der Waals surface area contributed by atoms with Gasteiger partial charge in [-0.05, 0) is 44.9 Å². The lowest BCUT2D eigenvalue weighted by Gasteiger charge is -2.21. The van der Waals surface area contributed by atoms with Gasteiger partial charge in [-0.2, -0.15) is 0 Å². The van der Waals surface area contributed by atoms with Gasteiger partial charge in [-0.3, -0.25) is 4.79 Å². The summed E-state index contributed by atoms with van der Waals surface area (Å²) < 4.78 is 12.9. The maximum absolute atomic E-state index is 12.8. The van der Waals surface area contributed by atoms with E-state index in [9.17, 15) is 4.79 Å². The molecule has 0 unspecified atom stereocenters. The highest BCUT2D eigenvalue weighted by Gasteiger charge is 2.33. The van der Waals surface area contributed by atoms with Crippen LogP contribution in [-0.2, 0) is 18.4 Å². The zero-order valence-electron chi connectivity index (χ0n) is 15.6. The van der Waals surface area contributed by atoms with Gasteiger partial charge < -0.3 is 18.3 Å². The molecule has 0 aliphatic heterocycles. The summed E-state index contributed by atoms with van der Waals surface area (Å²) in [7, 11) is 1.90. The Kier molecular flexibility index (Phi) is 4.82. The summed E-state index contributed by atoms with van der Waals surface area (Å²) in [6.45, 7) is 4.33. The first-order valence-corrected chi connectivity index (χ1v) is 9.93. The SMILES string of the molecule is Cc1ccc(CN(C(=O)CSc2nnc(-c3ccoc3C)n2C)C2CC2)o1. The summed E-state index contributed by atoms with van der Waals surface area (Å²) in [5.74, 6) is 3.65. The van der Waals surface area contributed by atoms with Crippen LogP contribution in [0.25, 0.3) is 11.4 Å². The fourth-order valence-electron chi connectivity index (χ4n) is 3.05. The summed E-state index contributed by atoms with van der Waals surface area (Å²) in [6.07, 6.45) is 3.76. The minimum Gasteiger partial charge on any atom is -0.469 e. The monoisotopic (exact) mass is 386 g/mol. The number of hydrogen-bond acceptors (Lipinski definition) is 6. The van der Waals surface area contributed by atoms with Crippen molar-refractivity contribution in [1.29, 1.82) is 0 Å². The number of hydrogen-bond donors (Lipinski definition) is 0. The van der Waals surface area contributed by atoms with Gasteiger partial charge in [0.15, 0.2) is 11.0 Å². The molecular weight excluding hydrogens is 364 g/mol. The van der Waals surface area contributed by atoms with Gasteiger partial charge >= 0.3 is 0 Å². The molecule has 1 fully saturated rings. The lowest BCUT2D eigenvalue weighted by Crippen LogP contribution is -2.33. The van der Waals surface area contributed by atoms with Gasteiger partial charge in [-0.15, -0.1) is 10.2 Å². The first-order valence-electron chi connectivity index (χ1n) is 8.94. The molecule has 1 aliphatic rings. The molecule has 27 heavy (non-hydrogen) atoms. The van der Waals surface area contributed by atoms with E-state index in [4.69, 9.17) is 8.83 Å². The number of amides is 1. The van der Waals surface area contributed by atoms with Crippen LogP contribution in [0.3, 0.4) is 0 Å². The third-order valence-corrected chi connectivity index (χ3v) is 5.69. The van der Waals surface area contributed by atoms with Gasteiger partial charge in [0.1, 0.15) is 17.3 Å². The normalized spacial score (nSPS) is 13.9. The standard InChI is InChI=1S/C19H22N4O3S/c1-12-4-7-15(26-12)10-23(14-5-6-14)17(24)11-27-19-21-20-18(22(19)3)16-8-9-25-13(16)2/h4,7-9,14H,5-6,10-11H2,1-3H3. The van der Waals surface area contributed by atoms with Gasteiger partial charge in [0, 0.05) is 13.1 Å². The quantitative estimate of drug-likeness (QED) is 0.578. The maximum Gasteiger partial charge on any atom is 0.233 e. The molecule has 7 nitrogen and oxygen atoms in total. The fourth-order valence-corrected chi connectivity index (χ4v) is 3.84. The van der Waals surface area contributed by atoms with Crippen LogP contribution in [0.2, 0.25) is 0 Å². The zero-order valence-corrected chi connectivity index (χ0v) is 16.5. The van der Waals surface area contributed by atoms with Crippen LogP contribution in [0.4, 0.5) is 0 Å². The van der Waals surface area contributed by atoms with Gasteiger partial charge in [-0.1, -0.05) is 11.8 Å². The summed E-state index contributed by atoms with van der Waals surface area (Å²) in [4.78, 5) is 14.7. The van der Waals surface area contributed by atoms with E-state index in [1.165, 1.54) is 11.8 Å². The van der Waals surface area contributed by atoms with Gasteiger partial charge in [0.05, 0.1) is 24.1 Å². The van der Waals surface area contributed by atoms with Crippen LogP contribution in [-0.4, -0.2) is 37.4 Å². The van der Waals surface area contributed by atoms with E-state index in [2.05, 4.69) is 10.2 Å². The molecule has 0 bridgehead atoms. The van der Waals surface area contributed by atoms with Crippen LogP contribution >= 0.6 is 11.8 Å². The Balaban J connectivity index is 1.42.